The first kappa shape index (κ1) is 25.5. The number of carbonyl (C=O) groups excluding carboxylic acids is 2. The summed E-state index contributed by atoms with van der Waals surface area (Å²) in [5.41, 5.74) is 4.02. The topological polar surface area (TPSA) is 78.9 Å². The lowest BCUT2D eigenvalue weighted by atomic mass is 9.56. The van der Waals surface area contributed by atoms with Crippen LogP contribution in [-0.4, -0.2) is 28.5 Å². The van der Waals surface area contributed by atoms with Gasteiger partial charge in [0, 0.05) is 10.9 Å². The molecule has 194 valence electrons. The lowest BCUT2D eigenvalue weighted by Gasteiger charge is -2.43. The van der Waals surface area contributed by atoms with Crippen LogP contribution in [0.1, 0.15) is 30.4 Å². The molecule has 2 amide bonds. The maximum atomic E-state index is 14.5. The maximum absolute atomic E-state index is 14.5. The fraction of sp³-hybridized carbons (Fsp3) is 0.200. The van der Waals surface area contributed by atoms with Gasteiger partial charge in [-0.2, -0.15) is 5.01 Å². The van der Waals surface area contributed by atoms with Crippen molar-refractivity contribution in [3.05, 3.63) is 113 Å². The van der Waals surface area contributed by atoms with Crippen molar-refractivity contribution in [3.8, 4) is 11.5 Å². The molecule has 0 bridgehead atoms. The molecule has 0 radical (unpaired) electrons. The van der Waals surface area contributed by atoms with Crippen molar-refractivity contribution in [2.75, 3.05) is 12.0 Å². The zero-order valence-electron chi connectivity index (χ0n) is 20.7. The molecular formula is C30H26ClFN2O4. The summed E-state index contributed by atoms with van der Waals surface area (Å²) in [6.45, 7) is 6.15. The average Bonchev–Trinajstić information content (AvgIpc) is 3.13. The van der Waals surface area contributed by atoms with Gasteiger partial charge in [0.1, 0.15) is 5.82 Å². The minimum Gasteiger partial charge on any atom is -0.504 e. The van der Waals surface area contributed by atoms with E-state index in [1.807, 2.05) is 13.0 Å². The van der Waals surface area contributed by atoms with Gasteiger partial charge in [-0.3, -0.25) is 15.0 Å². The van der Waals surface area contributed by atoms with E-state index in [9.17, 15) is 19.1 Å². The number of allylic oxidation sites excluding steroid dienone is 3. The number of hydrazine groups is 1. The Labute approximate surface area is 225 Å². The SMILES string of the molecule is C=CC1=CCC2C(=O)N(Nc3ccc(F)cc3)C(=O)C2(c2ccc(Cl)cc2)C1c1ccc(O)c(OCC)c1. The lowest BCUT2D eigenvalue weighted by Crippen LogP contribution is -2.48. The van der Waals surface area contributed by atoms with E-state index in [0.29, 0.717) is 34.9 Å². The Bertz CT molecular complexity index is 1440. The minimum atomic E-state index is -1.35. The molecule has 3 aromatic rings. The monoisotopic (exact) mass is 532 g/mol. The number of aromatic hydroxyl groups is 1. The van der Waals surface area contributed by atoms with Crippen LogP contribution in [0.3, 0.4) is 0 Å². The Balaban J connectivity index is 1.73. The van der Waals surface area contributed by atoms with Crippen LogP contribution in [-0.2, 0) is 15.0 Å². The number of anilines is 1. The zero-order valence-corrected chi connectivity index (χ0v) is 21.4. The highest BCUT2D eigenvalue weighted by molar-refractivity contribution is 6.30. The number of benzene rings is 3. The van der Waals surface area contributed by atoms with Crippen LogP contribution < -0.4 is 10.2 Å². The van der Waals surface area contributed by atoms with Gasteiger partial charge in [-0.15, -0.1) is 0 Å². The molecule has 1 aliphatic carbocycles. The molecule has 3 unspecified atom stereocenters. The number of fused-ring (bicyclic) bond motifs is 1. The van der Waals surface area contributed by atoms with Crippen molar-refractivity contribution in [2.24, 2.45) is 5.92 Å². The number of phenolic OH excluding ortho intramolecular Hbond substituents is 1. The van der Waals surface area contributed by atoms with E-state index in [-0.39, 0.29) is 11.5 Å². The predicted octanol–water partition coefficient (Wildman–Crippen LogP) is 6.13. The summed E-state index contributed by atoms with van der Waals surface area (Å²) in [7, 11) is 0. The number of halogens is 2. The van der Waals surface area contributed by atoms with Crippen LogP contribution in [0.5, 0.6) is 11.5 Å². The van der Waals surface area contributed by atoms with Crippen LogP contribution in [0.4, 0.5) is 10.1 Å². The van der Waals surface area contributed by atoms with Gasteiger partial charge in [-0.25, -0.2) is 4.39 Å². The van der Waals surface area contributed by atoms with E-state index in [1.165, 1.54) is 30.3 Å². The molecule has 2 N–H and O–H groups in total. The second-order valence-corrected chi connectivity index (χ2v) is 9.70. The second kappa shape index (κ2) is 9.99. The first-order valence-electron chi connectivity index (χ1n) is 12.3. The van der Waals surface area contributed by atoms with Gasteiger partial charge in [0.05, 0.1) is 23.6 Å². The van der Waals surface area contributed by atoms with Gasteiger partial charge in [0.25, 0.3) is 11.8 Å². The third kappa shape index (κ3) is 4.03. The number of rotatable bonds is 7. The Morgan fingerprint density at radius 1 is 1.16 bits per heavy atom. The Kier molecular flexibility index (Phi) is 6.71. The van der Waals surface area contributed by atoms with Crippen molar-refractivity contribution in [1.82, 2.24) is 5.01 Å². The van der Waals surface area contributed by atoms with Crippen molar-refractivity contribution < 1.29 is 23.8 Å². The quantitative estimate of drug-likeness (QED) is 0.358. The molecule has 1 fully saturated rings. The number of nitrogens with one attached hydrogen (secondary N) is 1. The molecule has 3 aromatic carbocycles. The average molecular weight is 533 g/mol. The van der Waals surface area contributed by atoms with Crippen LogP contribution in [0, 0.1) is 11.7 Å². The van der Waals surface area contributed by atoms with E-state index in [1.54, 1.807) is 42.5 Å². The van der Waals surface area contributed by atoms with Crippen molar-refractivity contribution >= 4 is 29.1 Å². The highest BCUT2D eigenvalue weighted by atomic mass is 35.5. The first-order chi connectivity index (χ1) is 18.3. The van der Waals surface area contributed by atoms with Crippen LogP contribution in [0.25, 0.3) is 0 Å². The number of carbonyl (C=O) groups is 2. The molecule has 6 nitrogen and oxygen atoms in total. The molecule has 2 aliphatic rings. The third-order valence-corrected chi connectivity index (χ3v) is 7.51. The summed E-state index contributed by atoms with van der Waals surface area (Å²) in [6, 6.07) is 17.3. The molecule has 1 aliphatic heterocycles. The Morgan fingerprint density at radius 3 is 2.53 bits per heavy atom. The Morgan fingerprint density at radius 2 is 1.87 bits per heavy atom. The molecule has 8 heteroatoms. The number of imide groups is 1. The number of phenols is 1. The minimum absolute atomic E-state index is 0.0268. The predicted molar refractivity (Wildman–Crippen MR) is 143 cm³/mol. The van der Waals surface area contributed by atoms with E-state index in [0.717, 1.165) is 10.6 Å². The summed E-state index contributed by atoms with van der Waals surface area (Å²) >= 11 is 6.21. The van der Waals surface area contributed by atoms with Gasteiger partial charge in [-0.1, -0.05) is 48.5 Å². The zero-order chi connectivity index (χ0) is 27.0. The fourth-order valence-electron chi connectivity index (χ4n) is 5.65. The maximum Gasteiger partial charge on any atom is 0.260 e. The van der Waals surface area contributed by atoms with Crippen LogP contribution in [0.15, 0.2) is 91.0 Å². The molecule has 0 aromatic heterocycles. The third-order valence-electron chi connectivity index (χ3n) is 7.26. The van der Waals surface area contributed by atoms with Crippen molar-refractivity contribution in [3.63, 3.8) is 0 Å². The van der Waals surface area contributed by atoms with Gasteiger partial charge < -0.3 is 9.84 Å². The molecular weight excluding hydrogens is 507 g/mol. The smallest absolute Gasteiger partial charge is 0.260 e. The summed E-state index contributed by atoms with van der Waals surface area (Å²) in [5.74, 6) is -2.41. The Hall–Kier alpha value is -4.10. The molecule has 0 spiro atoms. The highest BCUT2D eigenvalue weighted by Gasteiger charge is 2.65. The van der Waals surface area contributed by atoms with Gasteiger partial charge in [0.2, 0.25) is 0 Å². The molecule has 5 rings (SSSR count). The summed E-state index contributed by atoms with van der Waals surface area (Å²) in [4.78, 5) is 28.4. The second-order valence-electron chi connectivity index (χ2n) is 9.26. The van der Waals surface area contributed by atoms with Crippen molar-refractivity contribution in [2.45, 2.75) is 24.7 Å². The largest absolute Gasteiger partial charge is 0.504 e. The van der Waals surface area contributed by atoms with E-state index in [2.05, 4.69) is 12.0 Å². The molecule has 0 saturated carbocycles. The van der Waals surface area contributed by atoms with Gasteiger partial charge in [-0.05, 0) is 78.6 Å². The van der Waals surface area contributed by atoms with Crippen molar-refractivity contribution in [1.29, 1.82) is 0 Å². The van der Waals surface area contributed by atoms with Crippen LogP contribution in [0.2, 0.25) is 5.02 Å². The molecule has 1 heterocycles. The standard InChI is InChI=1S/C30H26ClFN2O4/c1-3-18-5-15-24-28(36)34(33-23-13-11-22(32)12-14-23)29(37)30(24,20-7-9-21(31)10-8-20)27(18)19-6-16-25(35)26(17-19)38-4-2/h3,5-14,16-17,24,27,33,35H,1,4,15H2,2H3. The van der Waals surface area contributed by atoms with Gasteiger partial charge >= 0.3 is 0 Å². The van der Waals surface area contributed by atoms with Gasteiger partial charge in [0.15, 0.2) is 11.5 Å². The summed E-state index contributed by atoms with van der Waals surface area (Å²) < 4.78 is 19.2. The number of nitrogens with zero attached hydrogens (tertiary/aromatic N) is 1. The summed E-state index contributed by atoms with van der Waals surface area (Å²) in [5, 5.41) is 11.9. The highest BCUT2D eigenvalue weighted by Crippen LogP contribution is 2.58. The molecule has 3 atom stereocenters. The number of hydrogen-bond acceptors (Lipinski definition) is 5. The number of hydrogen-bond donors (Lipinski definition) is 2. The van der Waals surface area contributed by atoms with E-state index < -0.39 is 34.9 Å². The number of ether oxygens (including phenoxy) is 1. The summed E-state index contributed by atoms with van der Waals surface area (Å²) in [6.07, 6.45) is 3.93. The number of amides is 2. The molecule has 1 saturated heterocycles. The fourth-order valence-corrected chi connectivity index (χ4v) is 5.77. The first-order valence-corrected chi connectivity index (χ1v) is 12.6. The molecule has 38 heavy (non-hydrogen) atoms. The lowest BCUT2D eigenvalue weighted by molar-refractivity contribution is -0.138. The van der Waals surface area contributed by atoms with E-state index >= 15 is 0 Å². The van der Waals surface area contributed by atoms with E-state index in [4.69, 9.17) is 16.3 Å². The van der Waals surface area contributed by atoms with Crippen LogP contribution >= 0.6 is 11.6 Å². The normalized spacial score (nSPS) is 22.6.